The minimum absolute atomic E-state index is 0.158. The number of anilines is 1. The van der Waals surface area contributed by atoms with Gasteiger partial charge in [0.1, 0.15) is 18.4 Å². The van der Waals surface area contributed by atoms with Crippen molar-refractivity contribution in [2.45, 2.75) is 13.5 Å². The number of halogens is 1. The molecule has 0 saturated heterocycles. The van der Waals surface area contributed by atoms with E-state index < -0.39 is 0 Å². The Balaban J connectivity index is 1.65. The molecule has 1 aromatic carbocycles. The van der Waals surface area contributed by atoms with Crippen molar-refractivity contribution in [2.24, 2.45) is 7.05 Å². The highest BCUT2D eigenvalue weighted by Gasteiger charge is 2.19. The fourth-order valence-electron chi connectivity index (χ4n) is 3.14. The Morgan fingerprint density at radius 2 is 2.10 bits per heavy atom. The van der Waals surface area contributed by atoms with Crippen LogP contribution < -0.4 is 14.4 Å². The molecule has 3 heterocycles. The normalized spacial score (nSPS) is 13.1. The van der Waals surface area contributed by atoms with Crippen LogP contribution in [0.2, 0.25) is 5.15 Å². The first-order valence-corrected chi connectivity index (χ1v) is 10.4. The fraction of sp³-hybridized carbons (Fsp3) is 0.238. The summed E-state index contributed by atoms with van der Waals surface area (Å²) in [7, 11) is 1.77. The van der Waals surface area contributed by atoms with Crippen molar-refractivity contribution in [3.8, 4) is 11.5 Å². The molecule has 0 aliphatic carbocycles. The van der Waals surface area contributed by atoms with Gasteiger partial charge in [-0.15, -0.1) is 11.3 Å². The second-order valence-electron chi connectivity index (χ2n) is 6.58. The standard InChI is InChI=1S/C21H20ClN3O3S/c1-14-17(21(22)24(2)23-14)6-8-20(26)25(13-16-4-3-11-29-16)15-5-7-18-19(12-15)28-10-9-27-18/h3-8,11-12H,9-10,13H2,1-2H3/b8-6+. The lowest BCUT2D eigenvalue weighted by atomic mass is 10.2. The van der Waals surface area contributed by atoms with E-state index in [1.807, 2.05) is 42.6 Å². The van der Waals surface area contributed by atoms with E-state index in [2.05, 4.69) is 5.10 Å². The van der Waals surface area contributed by atoms with E-state index in [1.54, 1.807) is 34.0 Å². The molecule has 0 N–H and O–H groups in total. The molecule has 0 fully saturated rings. The fourth-order valence-corrected chi connectivity index (χ4v) is 4.07. The topological polar surface area (TPSA) is 56.6 Å². The summed E-state index contributed by atoms with van der Waals surface area (Å²) >= 11 is 7.89. The van der Waals surface area contributed by atoms with Crippen molar-refractivity contribution >= 4 is 40.6 Å². The minimum atomic E-state index is -0.158. The number of aromatic nitrogens is 2. The first kappa shape index (κ1) is 19.5. The number of amides is 1. The summed E-state index contributed by atoms with van der Waals surface area (Å²) in [5.41, 5.74) is 2.25. The van der Waals surface area contributed by atoms with Gasteiger partial charge in [0.2, 0.25) is 0 Å². The van der Waals surface area contributed by atoms with E-state index in [1.165, 1.54) is 6.08 Å². The van der Waals surface area contributed by atoms with Gasteiger partial charge in [0.15, 0.2) is 11.5 Å². The molecule has 0 spiro atoms. The highest BCUT2D eigenvalue weighted by molar-refractivity contribution is 7.09. The third-order valence-corrected chi connectivity index (χ3v) is 5.90. The Morgan fingerprint density at radius 3 is 2.79 bits per heavy atom. The molecule has 0 unspecified atom stereocenters. The third kappa shape index (κ3) is 4.16. The predicted molar refractivity (Wildman–Crippen MR) is 115 cm³/mol. The maximum Gasteiger partial charge on any atom is 0.251 e. The van der Waals surface area contributed by atoms with Gasteiger partial charge in [-0.3, -0.25) is 9.48 Å². The van der Waals surface area contributed by atoms with E-state index in [-0.39, 0.29) is 5.91 Å². The van der Waals surface area contributed by atoms with Crippen molar-refractivity contribution in [3.63, 3.8) is 0 Å². The summed E-state index contributed by atoms with van der Waals surface area (Å²) in [5, 5.41) is 6.77. The van der Waals surface area contributed by atoms with Crippen LogP contribution in [0.1, 0.15) is 16.1 Å². The monoisotopic (exact) mass is 429 g/mol. The number of ether oxygens (including phenoxy) is 2. The van der Waals surface area contributed by atoms with Gasteiger partial charge >= 0.3 is 0 Å². The van der Waals surface area contributed by atoms with E-state index in [0.29, 0.717) is 36.4 Å². The molecule has 1 aliphatic heterocycles. The van der Waals surface area contributed by atoms with Crippen LogP contribution in [0.5, 0.6) is 11.5 Å². The largest absolute Gasteiger partial charge is 0.486 e. The Morgan fingerprint density at radius 1 is 1.31 bits per heavy atom. The van der Waals surface area contributed by atoms with Crippen LogP contribution in [0.3, 0.4) is 0 Å². The first-order chi connectivity index (χ1) is 14.0. The highest BCUT2D eigenvalue weighted by Crippen LogP contribution is 2.35. The lowest BCUT2D eigenvalue weighted by Crippen LogP contribution is -2.28. The van der Waals surface area contributed by atoms with Crippen LogP contribution in [0, 0.1) is 6.92 Å². The van der Waals surface area contributed by atoms with Gasteiger partial charge in [-0.1, -0.05) is 17.7 Å². The molecular formula is C21H20ClN3O3S. The number of benzene rings is 1. The molecule has 6 nitrogen and oxygen atoms in total. The average molecular weight is 430 g/mol. The number of carbonyl (C=O) groups is 1. The Kier molecular flexibility index (Phi) is 5.60. The maximum atomic E-state index is 13.1. The molecule has 150 valence electrons. The molecule has 0 saturated carbocycles. The predicted octanol–water partition coefficient (Wildman–Crippen LogP) is 4.46. The molecule has 2 aromatic heterocycles. The van der Waals surface area contributed by atoms with Crippen molar-refractivity contribution in [2.75, 3.05) is 18.1 Å². The second kappa shape index (κ2) is 8.31. The first-order valence-electron chi connectivity index (χ1n) is 9.13. The molecule has 0 atom stereocenters. The molecular weight excluding hydrogens is 410 g/mol. The number of hydrogen-bond acceptors (Lipinski definition) is 5. The van der Waals surface area contributed by atoms with Crippen LogP contribution in [-0.4, -0.2) is 28.9 Å². The number of aryl methyl sites for hydroxylation is 2. The number of carbonyl (C=O) groups excluding carboxylic acids is 1. The highest BCUT2D eigenvalue weighted by atomic mass is 35.5. The van der Waals surface area contributed by atoms with Crippen molar-refractivity contribution < 1.29 is 14.3 Å². The summed E-state index contributed by atoms with van der Waals surface area (Å²) in [4.78, 5) is 15.9. The summed E-state index contributed by atoms with van der Waals surface area (Å²) < 4.78 is 12.9. The van der Waals surface area contributed by atoms with E-state index in [9.17, 15) is 4.79 Å². The van der Waals surface area contributed by atoms with E-state index in [0.717, 1.165) is 21.8 Å². The van der Waals surface area contributed by atoms with Crippen LogP contribution in [-0.2, 0) is 18.4 Å². The van der Waals surface area contributed by atoms with Crippen LogP contribution >= 0.6 is 22.9 Å². The Hall–Kier alpha value is -2.77. The zero-order chi connectivity index (χ0) is 20.4. The quantitative estimate of drug-likeness (QED) is 0.562. The van der Waals surface area contributed by atoms with Crippen LogP contribution in [0.25, 0.3) is 6.08 Å². The Bertz CT molecular complexity index is 1060. The van der Waals surface area contributed by atoms with Gasteiger partial charge in [0.05, 0.1) is 12.2 Å². The maximum absolute atomic E-state index is 13.1. The summed E-state index contributed by atoms with van der Waals surface area (Å²) in [6.07, 6.45) is 3.24. The summed E-state index contributed by atoms with van der Waals surface area (Å²) in [6, 6.07) is 9.53. The van der Waals surface area contributed by atoms with Gasteiger partial charge in [0, 0.05) is 35.3 Å². The smallest absolute Gasteiger partial charge is 0.251 e. The molecule has 0 radical (unpaired) electrons. The third-order valence-electron chi connectivity index (χ3n) is 4.59. The molecule has 8 heteroatoms. The number of rotatable bonds is 5. The molecule has 0 bridgehead atoms. The lowest BCUT2D eigenvalue weighted by molar-refractivity contribution is -0.114. The van der Waals surface area contributed by atoms with Crippen molar-refractivity contribution in [3.05, 3.63) is 63.1 Å². The minimum Gasteiger partial charge on any atom is -0.486 e. The van der Waals surface area contributed by atoms with E-state index in [4.69, 9.17) is 21.1 Å². The van der Waals surface area contributed by atoms with Crippen LogP contribution in [0.15, 0.2) is 41.8 Å². The average Bonchev–Trinajstić information content (AvgIpc) is 3.32. The number of fused-ring (bicyclic) bond motifs is 1. The van der Waals surface area contributed by atoms with Gasteiger partial charge < -0.3 is 14.4 Å². The zero-order valence-electron chi connectivity index (χ0n) is 16.1. The number of hydrogen-bond donors (Lipinski definition) is 0. The van der Waals surface area contributed by atoms with Gasteiger partial charge in [0.25, 0.3) is 5.91 Å². The number of thiophene rings is 1. The Labute approximate surface area is 177 Å². The van der Waals surface area contributed by atoms with Crippen LogP contribution in [0.4, 0.5) is 5.69 Å². The summed E-state index contributed by atoms with van der Waals surface area (Å²) in [6.45, 7) is 3.34. The SMILES string of the molecule is Cc1nn(C)c(Cl)c1/C=C/C(=O)N(Cc1cccs1)c1ccc2c(c1)OCCO2. The lowest BCUT2D eigenvalue weighted by Gasteiger charge is -2.24. The van der Waals surface area contributed by atoms with Gasteiger partial charge in [-0.25, -0.2) is 0 Å². The molecule has 3 aromatic rings. The van der Waals surface area contributed by atoms with Gasteiger partial charge in [-0.2, -0.15) is 5.10 Å². The number of nitrogens with zero attached hydrogens (tertiary/aromatic N) is 3. The van der Waals surface area contributed by atoms with Crippen molar-refractivity contribution in [1.29, 1.82) is 0 Å². The molecule has 29 heavy (non-hydrogen) atoms. The van der Waals surface area contributed by atoms with Gasteiger partial charge in [-0.05, 0) is 36.6 Å². The molecule has 1 amide bonds. The second-order valence-corrected chi connectivity index (χ2v) is 7.97. The zero-order valence-corrected chi connectivity index (χ0v) is 17.7. The molecule has 1 aliphatic rings. The molecule has 4 rings (SSSR count). The van der Waals surface area contributed by atoms with E-state index >= 15 is 0 Å². The summed E-state index contributed by atoms with van der Waals surface area (Å²) in [5.74, 6) is 1.18. The van der Waals surface area contributed by atoms with Crippen molar-refractivity contribution in [1.82, 2.24) is 9.78 Å².